The molecular formula is C17H21ClN6O2. The van der Waals surface area contributed by atoms with Crippen LogP contribution in [0.3, 0.4) is 0 Å². The third-order valence-corrected chi connectivity index (χ3v) is 5.40. The summed E-state index contributed by atoms with van der Waals surface area (Å²) in [6.45, 7) is 1.50. The first-order chi connectivity index (χ1) is 12.6. The summed E-state index contributed by atoms with van der Waals surface area (Å²) in [5, 5.41) is 18.7. The Balaban J connectivity index is 1.60. The number of aromatic nitrogens is 4. The number of tetrazole rings is 1. The van der Waals surface area contributed by atoms with Crippen molar-refractivity contribution in [2.24, 2.45) is 0 Å². The molecule has 0 bridgehead atoms. The largest absolute Gasteiger partial charge is 0.368 e. The number of piperidine rings is 1. The molecule has 9 heteroatoms. The maximum absolute atomic E-state index is 12.8. The zero-order valence-corrected chi connectivity index (χ0v) is 15.3. The number of halogens is 1. The Labute approximate surface area is 156 Å². The lowest BCUT2D eigenvalue weighted by Gasteiger charge is -2.34. The van der Waals surface area contributed by atoms with Crippen molar-refractivity contribution < 1.29 is 9.53 Å². The van der Waals surface area contributed by atoms with Gasteiger partial charge in [-0.3, -0.25) is 4.79 Å². The van der Waals surface area contributed by atoms with E-state index < -0.39 is 5.60 Å². The van der Waals surface area contributed by atoms with Crippen LogP contribution in [-0.2, 0) is 9.53 Å². The van der Waals surface area contributed by atoms with E-state index in [4.69, 9.17) is 16.3 Å². The third kappa shape index (κ3) is 3.20. The van der Waals surface area contributed by atoms with Crippen molar-refractivity contribution >= 4 is 23.2 Å². The molecule has 1 aromatic heterocycles. The van der Waals surface area contributed by atoms with Crippen LogP contribution in [0.5, 0.6) is 0 Å². The van der Waals surface area contributed by atoms with E-state index in [0.717, 1.165) is 31.8 Å². The van der Waals surface area contributed by atoms with Crippen LogP contribution in [-0.4, -0.2) is 51.9 Å². The van der Waals surface area contributed by atoms with Gasteiger partial charge in [0.25, 0.3) is 5.91 Å². The standard InChI is InChI=1S/C17H21ClN6O2/c1-26-17(6-8-19-9-7-17)16(25)20-12-4-5-13(18)14(10-12)24-15(11-2-3-11)21-22-23-24/h4-5,10-11,19H,2-3,6-9H2,1H3,(H,20,25). The van der Waals surface area contributed by atoms with E-state index in [9.17, 15) is 4.79 Å². The fourth-order valence-corrected chi connectivity index (χ4v) is 3.51. The minimum Gasteiger partial charge on any atom is -0.368 e. The lowest BCUT2D eigenvalue weighted by molar-refractivity contribution is -0.140. The SMILES string of the molecule is COC1(C(=O)Nc2ccc(Cl)c(-n3nnnc3C3CC3)c2)CCNCC1. The monoisotopic (exact) mass is 376 g/mol. The van der Waals surface area contributed by atoms with Gasteiger partial charge in [-0.1, -0.05) is 11.6 Å². The van der Waals surface area contributed by atoms with E-state index in [1.807, 2.05) is 0 Å². The second kappa shape index (κ2) is 6.94. The first-order valence-electron chi connectivity index (χ1n) is 8.78. The molecule has 2 heterocycles. The van der Waals surface area contributed by atoms with Crippen LogP contribution in [0.25, 0.3) is 5.69 Å². The van der Waals surface area contributed by atoms with Gasteiger partial charge in [0.15, 0.2) is 5.82 Å². The first-order valence-corrected chi connectivity index (χ1v) is 9.16. The van der Waals surface area contributed by atoms with Crippen molar-refractivity contribution in [3.05, 3.63) is 29.0 Å². The summed E-state index contributed by atoms with van der Waals surface area (Å²) >= 11 is 6.36. The van der Waals surface area contributed by atoms with Crippen molar-refractivity contribution in [3.63, 3.8) is 0 Å². The van der Waals surface area contributed by atoms with Gasteiger partial charge in [-0.05, 0) is 67.4 Å². The summed E-state index contributed by atoms with van der Waals surface area (Å²) in [6.07, 6.45) is 3.43. The smallest absolute Gasteiger partial charge is 0.256 e. The molecule has 1 aromatic carbocycles. The number of methoxy groups -OCH3 is 1. The molecule has 2 N–H and O–H groups in total. The fourth-order valence-electron chi connectivity index (χ4n) is 3.31. The predicted octanol–water partition coefficient (Wildman–Crippen LogP) is 1.90. The van der Waals surface area contributed by atoms with Crippen molar-refractivity contribution in [2.75, 3.05) is 25.5 Å². The Kier molecular flexibility index (Phi) is 4.64. The van der Waals surface area contributed by atoms with Gasteiger partial charge in [-0.2, -0.15) is 4.68 Å². The number of nitrogens with zero attached hydrogens (tertiary/aromatic N) is 4. The van der Waals surface area contributed by atoms with E-state index in [1.54, 1.807) is 30.0 Å². The Morgan fingerprint density at radius 3 is 2.85 bits per heavy atom. The molecular weight excluding hydrogens is 356 g/mol. The predicted molar refractivity (Wildman–Crippen MR) is 96.6 cm³/mol. The minimum absolute atomic E-state index is 0.145. The highest BCUT2D eigenvalue weighted by atomic mass is 35.5. The topological polar surface area (TPSA) is 94.0 Å². The van der Waals surface area contributed by atoms with E-state index in [-0.39, 0.29) is 5.91 Å². The quantitative estimate of drug-likeness (QED) is 0.827. The molecule has 0 unspecified atom stereocenters. The number of hydrogen-bond acceptors (Lipinski definition) is 6. The number of hydrogen-bond donors (Lipinski definition) is 2. The van der Waals surface area contributed by atoms with Crippen LogP contribution in [0.15, 0.2) is 18.2 Å². The maximum Gasteiger partial charge on any atom is 0.256 e. The molecule has 1 aliphatic carbocycles. The maximum atomic E-state index is 12.8. The normalized spacial score (nSPS) is 19.3. The number of rotatable bonds is 5. The van der Waals surface area contributed by atoms with E-state index in [2.05, 4.69) is 26.2 Å². The number of carbonyl (C=O) groups excluding carboxylic acids is 1. The molecule has 2 fully saturated rings. The lowest BCUT2D eigenvalue weighted by atomic mass is 9.91. The fraction of sp³-hybridized carbons (Fsp3) is 0.529. The number of benzene rings is 1. The van der Waals surface area contributed by atoms with Gasteiger partial charge in [0.2, 0.25) is 0 Å². The second-order valence-corrected chi connectivity index (χ2v) is 7.20. The summed E-state index contributed by atoms with van der Waals surface area (Å²) in [5.41, 5.74) is 0.494. The first kappa shape index (κ1) is 17.4. The van der Waals surface area contributed by atoms with Crippen LogP contribution >= 0.6 is 11.6 Å². The molecule has 1 saturated heterocycles. The number of carbonyl (C=O) groups is 1. The molecule has 2 aromatic rings. The van der Waals surface area contributed by atoms with Crippen LogP contribution in [0.4, 0.5) is 5.69 Å². The Bertz CT molecular complexity index is 813. The van der Waals surface area contributed by atoms with Gasteiger partial charge >= 0.3 is 0 Å². The molecule has 4 rings (SSSR count). The van der Waals surface area contributed by atoms with Gasteiger partial charge in [0.05, 0.1) is 10.7 Å². The molecule has 8 nitrogen and oxygen atoms in total. The molecule has 26 heavy (non-hydrogen) atoms. The number of nitrogens with one attached hydrogen (secondary N) is 2. The van der Waals surface area contributed by atoms with Crippen molar-refractivity contribution in [3.8, 4) is 5.69 Å². The molecule has 138 valence electrons. The zero-order chi connectivity index (χ0) is 18.1. The molecule has 0 spiro atoms. The number of anilines is 1. The highest BCUT2D eigenvalue weighted by molar-refractivity contribution is 6.32. The van der Waals surface area contributed by atoms with Crippen LogP contribution in [0.2, 0.25) is 5.02 Å². The van der Waals surface area contributed by atoms with Gasteiger partial charge < -0.3 is 15.4 Å². The van der Waals surface area contributed by atoms with E-state index >= 15 is 0 Å². The van der Waals surface area contributed by atoms with Crippen LogP contribution in [0.1, 0.15) is 37.4 Å². The van der Waals surface area contributed by atoms with Crippen molar-refractivity contribution in [2.45, 2.75) is 37.2 Å². The summed E-state index contributed by atoms with van der Waals surface area (Å²) in [7, 11) is 1.58. The highest BCUT2D eigenvalue weighted by Gasteiger charge is 2.39. The molecule has 1 aliphatic heterocycles. The summed E-state index contributed by atoms with van der Waals surface area (Å²) in [4.78, 5) is 12.8. The number of ether oxygens (including phenoxy) is 1. The molecule has 1 saturated carbocycles. The van der Waals surface area contributed by atoms with E-state index in [1.165, 1.54) is 0 Å². The number of amides is 1. The summed E-state index contributed by atoms with van der Waals surface area (Å²) in [5.74, 6) is 1.04. The highest BCUT2D eigenvalue weighted by Crippen LogP contribution is 2.40. The molecule has 1 amide bonds. The zero-order valence-electron chi connectivity index (χ0n) is 14.5. The molecule has 0 atom stereocenters. The Morgan fingerprint density at radius 2 is 2.15 bits per heavy atom. The average Bonchev–Trinajstić information content (AvgIpc) is 3.40. The Hall–Kier alpha value is -2.03. The van der Waals surface area contributed by atoms with Gasteiger partial charge in [0.1, 0.15) is 5.60 Å². The van der Waals surface area contributed by atoms with Crippen LogP contribution < -0.4 is 10.6 Å². The minimum atomic E-state index is -0.807. The summed E-state index contributed by atoms with van der Waals surface area (Å²) in [6, 6.07) is 5.31. The molecule has 2 aliphatic rings. The van der Waals surface area contributed by atoms with Gasteiger partial charge in [-0.25, -0.2) is 0 Å². The van der Waals surface area contributed by atoms with Crippen molar-refractivity contribution in [1.29, 1.82) is 0 Å². The average molecular weight is 377 g/mol. The van der Waals surface area contributed by atoms with Crippen LogP contribution in [0, 0.1) is 0 Å². The molecule has 0 radical (unpaired) electrons. The van der Waals surface area contributed by atoms with Crippen molar-refractivity contribution in [1.82, 2.24) is 25.5 Å². The third-order valence-electron chi connectivity index (χ3n) is 5.08. The van der Waals surface area contributed by atoms with E-state index in [0.29, 0.717) is 35.2 Å². The second-order valence-electron chi connectivity index (χ2n) is 6.79. The lowest BCUT2D eigenvalue weighted by Crippen LogP contribution is -2.51. The van der Waals surface area contributed by atoms with Gasteiger partial charge in [0, 0.05) is 18.7 Å². The summed E-state index contributed by atoms with van der Waals surface area (Å²) < 4.78 is 7.24. The van der Waals surface area contributed by atoms with Gasteiger partial charge in [-0.15, -0.1) is 5.10 Å². The Morgan fingerprint density at radius 1 is 1.38 bits per heavy atom.